The fourth-order valence-corrected chi connectivity index (χ4v) is 1.89. The van der Waals surface area contributed by atoms with E-state index in [9.17, 15) is 0 Å². The van der Waals surface area contributed by atoms with Crippen molar-refractivity contribution in [3.05, 3.63) is 77.5 Å². The van der Waals surface area contributed by atoms with Crippen molar-refractivity contribution < 1.29 is 0 Å². The number of hydrazine groups is 1. The number of hydrogen-bond donors (Lipinski definition) is 3. The highest BCUT2D eigenvalue weighted by Crippen LogP contribution is 2.10. The molecule has 0 fully saturated rings. The van der Waals surface area contributed by atoms with Crippen LogP contribution in [-0.4, -0.2) is 5.11 Å². The summed E-state index contributed by atoms with van der Waals surface area (Å²) in [6.07, 6.45) is 2.84. The molecule has 0 saturated heterocycles. The Hall–Kier alpha value is -2.33. The molecule has 102 valence electrons. The highest BCUT2D eigenvalue weighted by Gasteiger charge is 2.00. The van der Waals surface area contributed by atoms with Gasteiger partial charge in [0.05, 0.1) is 0 Å². The molecule has 0 saturated carbocycles. The van der Waals surface area contributed by atoms with Crippen LogP contribution in [0.5, 0.6) is 0 Å². The molecule has 0 aliphatic carbocycles. The van der Waals surface area contributed by atoms with Gasteiger partial charge in [0.2, 0.25) is 0 Å². The first kappa shape index (κ1) is 14.1. The van der Waals surface area contributed by atoms with Crippen LogP contribution in [0.15, 0.2) is 66.4 Å². The van der Waals surface area contributed by atoms with E-state index in [-0.39, 0.29) is 5.11 Å². The lowest BCUT2D eigenvalue weighted by molar-refractivity contribution is 0.749. The van der Waals surface area contributed by atoms with Crippen molar-refractivity contribution in [1.29, 1.82) is 0 Å². The predicted molar refractivity (Wildman–Crippen MR) is 87.6 cm³/mol. The fourth-order valence-electron chi connectivity index (χ4n) is 1.84. The van der Waals surface area contributed by atoms with E-state index < -0.39 is 0 Å². The number of allylic oxidation sites excluding steroid dienone is 1. The van der Waals surface area contributed by atoms with Crippen LogP contribution in [0.2, 0.25) is 0 Å². The maximum Gasteiger partial charge on any atom is 0.182 e. The van der Waals surface area contributed by atoms with Gasteiger partial charge in [0, 0.05) is 12.1 Å². The molecule has 0 atom stereocenters. The molecule has 0 heterocycles. The first-order valence-electron chi connectivity index (χ1n) is 6.35. The fraction of sp³-hybridized carbons (Fsp3) is 0.0625. The van der Waals surface area contributed by atoms with Crippen molar-refractivity contribution in [1.82, 2.24) is 10.9 Å². The Labute approximate surface area is 124 Å². The van der Waals surface area contributed by atoms with Crippen LogP contribution in [0.4, 0.5) is 0 Å². The van der Waals surface area contributed by atoms with Crippen molar-refractivity contribution in [3.8, 4) is 0 Å². The van der Waals surface area contributed by atoms with E-state index in [0.29, 0.717) is 0 Å². The Bertz CT molecular complexity index is 579. The molecule has 0 aliphatic heterocycles. The van der Waals surface area contributed by atoms with Crippen molar-refractivity contribution in [2.24, 2.45) is 5.73 Å². The zero-order valence-corrected chi connectivity index (χ0v) is 11.9. The highest BCUT2D eigenvalue weighted by atomic mass is 32.1. The third kappa shape index (κ3) is 4.74. The Morgan fingerprint density at radius 3 is 2.15 bits per heavy atom. The van der Waals surface area contributed by atoms with Gasteiger partial charge in [0.15, 0.2) is 5.11 Å². The molecular formula is C16H17N3S. The predicted octanol–water partition coefficient (Wildman–Crippen LogP) is 2.61. The van der Waals surface area contributed by atoms with Crippen LogP contribution in [-0.2, 0) is 6.42 Å². The van der Waals surface area contributed by atoms with Crippen LogP contribution < -0.4 is 16.6 Å². The van der Waals surface area contributed by atoms with E-state index >= 15 is 0 Å². The third-order valence-corrected chi connectivity index (χ3v) is 2.83. The molecule has 0 unspecified atom stereocenters. The van der Waals surface area contributed by atoms with Gasteiger partial charge in [0.25, 0.3) is 0 Å². The van der Waals surface area contributed by atoms with Gasteiger partial charge < -0.3 is 11.2 Å². The van der Waals surface area contributed by atoms with E-state index in [1.54, 1.807) is 0 Å². The van der Waals surface area contributed by atoms with Crippen LogP contribution >= 0.6 is 12.2 Å². The number of thiocarbonyl (C=S) groups is 1. The van der Waals surface area contributed by atoms with E-state index in [4.69, 9.17) is 18.0 Å². The first-order valence-corrected chi connectivity index (χ1v) is 6.76. The Balaban J connectivity index is 2.16. The van der Waals surface area contributed by atoms with E-state index in [1.165, 1.54) is 5.56 Å². The van der Waals surface area contributed by atoms with Crippen LogP contribution in [0.25, 0.3) is 6.08 Å². The smallest absolute Gasteiger partial charge is 0.182 e. The second-order valence-corrected chi connectivity index (χ2v) is 4.80. The van der Waals surface area contributed by atoms with E-state index in [2.05, 4.69) is 29.1 Å². The molecule has 0 spiro atoms. The normalized spacial score (nSPS) is 10.9. The zero-order valence-electron chi connectivity index (χ0n) is 11.0. The average molecular weight is 283 g/mol. The van der Waals surface area contributed by atoms with Crippen LogP contribution in [0.1, 0.15) is 11.1 Å². The summed E-state index contributed by atoms with van der Waals surface area (Å²) in [4.78, 5) is 0. The van der Waals surface area contributed by atoms with Gasteiger partial charge in [-0.2, -0.15) is 0 Å². The Morgan fingerprint density at radius 2 is 1.55 bits per heavy atom. The van der Waals surface area contributed by atoms with Gasteiger partial charge in [-0.25, -0.2) is 0 Å². The van der Waals surface area contributed by atoms with Gasteiger partial charge >= 0.3 is 0 Å². The van der Waals surface area contributed by atoms with Gasteiger partial charge in [-0.3, -0.25) is 5.43 Å². The minimum Gasteiger partial charge on any atom is -0.375 e. The van der Waals surface area contributed by atoms with Gasteiger partial charge in [-0.05, 0) is 29.4 Å². The molecule has 4 N–H and O–H groups in total. The molecule has 0 amide bonds. The molecule has 3 nitrogen and oxygen atoms in total. The van der Waals surface area contributed by atoms with Gasteiger partial charge in [-0.15, -0.1) is 0 Å². The topological polar surface area (TPSA) is 50.1 Å². The quantitative estimate of drug-likeness (QED) is 0.583. The van der Waals surface area contributed by atoms with Crippen molar-refractivity contribution >= 4 is 23.4 Å². The monoisotopic (exact) mass is 283 g/mol. The van der Waals surface area contributed by atoms with Crippen molar-refractivity contribution in [2.45, 2.75) is 6.42 Å². The lowest BCUT2D eigenvalue weighted by Gasteiger charge is -2.12. The highest BCUT2D eigenvalue weighted by molar-refractivity contribution is 7.80. The average Bonchev–Trinajstić information content (AvgIpc) is 2.47. The van der Waals surface area contributed by atoms with Crippen LogP contribution in [0, 0.1) is 0 Å². The summed E-state index contributed by atoms with van der Waals surface area (Å²) in [5.74, 6) is 0. The minimum absolute atomic E-state index is 0.219. The summed E-state index contributed by atoms with van der Waals surface area (Å²) in [6, 6.07) is 20.3. The summed E-state index contributed by atoms with van der Waals surface area (Å²) in [5, 5.41) is 0.219. The van der Waals surface area contributed by atoms with Crippen LogP contribution in [0.3, 0.4) is 0 Å². The zero-order chi connectivity index (χ0) is 14.2. The van der Waals surface area contributed by atoms with Gasteiger partial charge in [0.1, 0.15) is 0 Å². The SMILES string of the molecule is NC(=S)NN/C(=C\c1ccccc1)Cc1ccccc1. The third-order valence-electron chi connectivity index (χ3n) is 2.72. The van der Waals surface area contributed by atoms with E-state index in [1.807, 2.05) is 48.5 Å². The Kier molecular flexibility index (Phi) is 5.15. The second kappa shape index (κ2) is 7.31. The molecule has 0 aromatic heterocycles. The lowest BCUT2D eigenvalue weighted by atomic mass is 10.1. The molecule has 0 bridgehead atoms. The molecule has 2 aromatic rings. The van der Waals surface area contributed by atoms with Crippen molar-refractivity contribution in [2.75, 3.05) is 0 Å². The number of hydrogen-bond acceptors (Lipinski definition) is 2. The summed E-state index contributed by atoms with van der Waals surface area (Å²) < 4.78 is 0. The summed E-state index contributed by atoms with van der Waals surface area (Å²) >= 11 is 4.82. The standard InChI is InChI=1S/C16H17N3S/c17-16(20)19-18-15(11-13-7-3-1-4-8-13)12-14-9-5-2-6-10-14/h1-11,18H,12H2,(H3,17,19,20)/b15-11-. The molecule has 0 aliphatic rings. The molecule has 0 radical (unpaired) electrons. The number of rotatable bonds is 5. The summed E-state index contributed by atoms with van der Waals surface area (Å²) in [6.45, 7) is 0. The van der Waals surface area contributed by atoms with Crippen molar-refractivity contribution in [3.63, 3.8) is 0 Å². The maximum absolute atomic E-state index is 5.46. The molecular weight excluding hydrogens is 266 g/mol. The first-order chi connectivity index (χ1) is 9.74. The molecule has 2 rings (SSSR count). The minimum atomic E-state index is 0.219. The summed E-state index contributed by atoms with van der Waals surface area (Å²) in [5.41, 5.74) is 14.6. The van der Waals surface area contributed by atoms with E-state index in [0.717, 1.165) is 17.7 Å². The lowest BCUT2D eigenvalue weighted by Crippen LogP contribution is -2.40. The Morgan fingerprint density at radius 1 is 0.950 bits per heavy atom. The second-order valence-electron chi connectivity index (χ2n) is 4.36. The molecule has 20 heavy (non-hydrogen) atoms. The summed E-state index contributed by atoms with van der Waals surface area (Å²) in [7, 11) is 0. The molecule has 2 aromatic carbocycles. The van der Waals surface area contributed by atoms with Gasteiger partial charge in [-0.1, -0.05) is 60.7 Å². The number of benzene rings is 2. The number of nitrogens with one attached hydrogen (secondary N) is 2. The largest absolute Gasteiger partial charge is 0.375 e. The maximum atomic E-state index is 5.46. The number of nitrogens with two attached hydrogens (primary N) is 1. The molecule has 4 heteroatoms.